The molecule has 3 aliphatic carbocycles. The van der Waals surface area contributed by atoms with Crippen molar-refractivity contribution in [1.82, 2.24) is 9.88 Å². The van der Waals surface area contributed by atoms with Crippen LogP contribution in [-0.2, 0) is 9.59 Å². The molecule has 0 bridgehead atoms. The van der Waals surface area contributed by atoms with E-state index in [-0.39, 0.29) is 22.6 Å². The molecule has 33 heavy (non-hydrogen) atoms. The molecular formula is C27H34N4O2. The Labute approximate surface area is 196 Å². The Morgan fingerprint density at radius 3 is 2.76 bits per heavy atom. The van der Waals surface area contributed by atoms with Crippen LogP contribution in [0.15, 0.2) is 30.5 Å². The van der Waals surface area contributed by atoms with Gasteiger partial charge >= 0.3 is 0 Å². The second-order valence-electron chi connectivity index (χ2n) is 11.2. The molecule has 0 aromatic carbocycles. The molecule has 0 saturated heterocycles. The zero-order valence-electron chi connectivity index (χ0n) is 19.9. The molecule has 1 aromatic rings. The Morgan fingerprint density at radius 2 is 2.03 bits per heavy atom. The minimum absolute atomic E-state index is 0.0431. The maximum absolute atomic E-state index is 12.9. The first-order valence-corrected chi connectivity index (χ1v) is 12.4. The van der Waals surface area contributed by atoms with E-state index in [1.54, 1.807) is 24.4 Å². The molecule has 2 amide bonds. The van der Waals surface area contributed by atoms with Crippen LogP contribution in [0.1, 0.15) is 64.5 Å². The van der Waals surface area contributed by atoms with E-state index in [0.717, 1.165) is 19.3 Å². The molecule has 0 radical (unpaired) electrons. The highest BCUT2D eigenvalue weighted by Crippen LogP contribution is 2.65. The van der Waals surface area contributed by atoms with E-state index < -0.39 is 0 Å². The molecule has 1 N–H and O–H groups in total. The van der Waals surface area contributed by atoms with Crippen molar-refractivity contribution in [3.63, 3.8) is 0 Å². The van der Waals surface area contributed by atoms with Crippen LogP contribution in [-0.4, -0.2) is 34.8 Å². The van der Waals surface area contributed by atoms with E-state index in [1.807, 2.05) is 18.0 Å². The number of fused-ring (bicyclic) bond motifs is 5. The van der Waals surface area contributed by atoms with Crippen LogP contribution >= 0.6 is 0 Å². The van der Waals surface area contributed by atoms with Crippen molar-refractivity contribution in [1.29, 1.82) is 5.26 Å². The molecule has 4 unspecified atom stereocenters. The van der Waals surface area contributed by atoms with Crippen molar-refractivity contribution in [2.45, 2.75) is 64.8 Å². The topological polar surface area (TPSA) is 86.1 Å². The van der Waals surface area contributed by atoms with Gasteiger partial charge in [0, 0.05) is 24.9 Å². The summed E-state index contributed by atoms with van der Waals surface area (Å²) in [7, 11) is 1.97. The molecule has 5 rings (SSSR count). The summed E-state index contributed by atoms with van der Waals surface area (Å²) >= 11 is 0. The zero-order chi connectivity index (χ0) is 23.4. The van der Waals surface area contributed by atoms with Gasteiger partial charge in [0.25, 0.3) is 0 Å². The first-order chi connectivity index (χ1) is 15.8. The number of carbonyl (C=O) groups is 2. The normalized spacial score (nSPS) is 39.3. The third-order valence-corrected chi connectivity index (χ3v) is 9.92. The monoisotopic (exact) mass is 446 g/mol. The third kappa shape index (κ3) is 3.48. The van der Waals surface area contributed by atoms with E-state index in [1.165, 1.54) is 19.3 Å². The quantitative estimate of drug-likeness (QED) is 0.739. The summed E-state index contributed by atoms with van der Waals surface area (Å²) in [5.41, 5.74) is 1.26. The van der Waals surface area contributed by atoms with Gasteiger partial charge in [0.15, 0.2) is 0 Å². The van der Waals surface area contributed by atoms with Crippen LogP contribution in [0.4, 0.5) is 5.69 Å². The van der Waals surface area contributed by atoms with E-state index in [9.17, 15) is 9.59 Å². The second-order valence-corrected chi connectivity index (χ2v) is 11.2. The number of carbonyl (C=O) groups excluding carboxylic acids is 2. The number of aromatic nitrogens is 1. The molecule has 4 aliphatic rings. The zero-order valence-corrected chi connectivity index (χ0v) is 19.9. The first kappa shape index (κ1) is 22.1. The fourth-order valence-electron chi connectivity index (χ4n) is 8.15. The van der Waals surface area contributed by atoms with Crippen LogP contribution < -0.4 is 5.32 Å². The minimum atomic E-state index is 0.0431. The lowest BCUT2D eigenvalue weighted by Crippen LogP contribution is -2.59. The molecule has 3 saturated carbocycles. The van der Waals surface area contributed by atoms with E-state index >= 15 is 0 Å². The van der Waals surface area contributed by atoms with E-state index in [0.29, 0.717) is 47.5 Å². The lowest BCUT2D eigenvalue weighted by molar-refractivity contribution is -0.139. The lowest BCUT2D eigenvalue weighted by atomic mass is 9.47. The molecule has 1 aliphatic heterocycles. The molecule has 3 fully saturated rings. The van der Waals surface area contributed by atoms with Crippen molar-refractivity contribution >= 4 is 17.5 Å². The molecule has 6 heteroatoms. The summed E-state index contributed by atoms with van der Waals surface area (Å²) in [5.74, 6) is 2.51. The number of rotatable bonds is 3. The SMILES string of the molecule is CN1C(=O)C=C[C@]2(C)C3CC[C@@]4(C)C(CC[C@@H]4CC(=O)Nc4ccc(C#N)nc4)C3CCC12. The van der Waals surface area contributed by atoms with Crippen LogP contribution in [0.25, 0.3) is 0 Å². The number of pyridine rings is 1. The summed E-state index contributed by atoms with van der Waals surface area (Å²) in [6, 6.07) is 5.68. The average molecular weight is 447 g/mol. The highest BCUT2D eigenvalue weighted by molar-refractivity contribution is 5.90. The van der Waals surface area contributed by atoms with Gasteiger partial charge in [-0.05, 0) is 85.8 Å². The third-order valence-electron chi connectivity index (χ3n) is 9.92. The maximum Gasteiger partial charge on any atom is 0.246 e. The molecule has 174 valence electrons. The molecule has 2 heterocycles. The number of anilines is 1. The van der Waals surface area contributed by atoms with Crippen LogP contribution in [0.3, 0.4) is 0 Å². The minimum Gasteiger partial charge on any atom is -0.338 e. The van der Waals surface area contributed by atoms with E-state index in [4.69, 9.17) is 5.26 Å². The molecular weight excluding hydrogens is 412 g/mol. The summed E-state index contributed by atoms with van der Waals surface area (Å²) in [5, 5.41) is 11.9. The summed E-state index contributed by atoms with van der Waals surface area (Å²) in [6.07, 6.45) is 13.0. The van der Waals surface area contributed by atoms with Crippen LogP contribution in [0.2, 0.25) is 0 Å². The highest BCUT2D eigenvalue weighted by Gasteiger charge is 2.60. The van der Waals surface area contributed by atoms with Crippen molar-refractivity contribution in [3.8, 4) is 6.07 Å². The number of nitrogens with zero attached hydrogens (tertiary/aromatic N) is 3. The largest absolute Gasteiger partial charge is 0.338 e. The van der Waals surface area contributed by atoms with E-state index in [2.05, 4.69) is 30.2 Å². The Balaban J connectivity index is 1.29. The Kier molecular flexibility index (Phi) is 5.34. The standard InChI is InChI=1S/C27H34N4O2/c1-26-12-10-22-20(7-9-23-27(22,2)13-11-25(33)31(23)3)21(26)8-4-17(26)14-24(32)30-19-6-5-18(15-28)29-16-19/h5-6,11,13,16-17,20-23H,4,7-10,12,14H2,1-3H3,(H,30,32)/t17-,20?,21?,22?,23?,26-,27-/m1/s1. The smallest absolute Gasteiger partial charge is 0.246 e. The van der Waals surface area contributed by atoms with Gasteiger partial charge in [0.2, 0.25) is 11.8 Å². The maximum atomic E-state index is 12.9. The van der Waals surface area contributed by atoms with Gasteiger partial charge in [-0.1, -0.05) is 19.9 Å². The average Bonchev–Trinajstić information content (AvgIpc) is 3.13. The van der Waals surface area contributed by atoms with Gasteiger partial charge in [0.1, 0.15) is 11.8 Å². The van der Waals surface area contributed by atoms with Crippen molar-refractivity contribution in [3.05, 3.63) is 36.2 Å². The first-order valence-electron chi connectivity index (χ1n) is 12.4. The van der Waals surface area contributed by atoms with Gasteiger partial charge in [-0.2, -0.15) is 5.26 Å². The van der Waals surface area contributed by atoms with Crippen LogP contribution in [0, 0.1) is 45.8 Å². The molecule has 0 spiro atoms. The van der Waals surface area contributed by atoms with Crippen molar-refractivity contribution in [2.75, 3.05) is 12.4 Å². The number of hydrogen-bond donors (Lipinski definition) is 1. The number of nitriles is 1. The van der Waals surface area contributed by atoms with Crippen molar-refractivity contribution < 1.29 is 9.59 Å². The highest BCUT2D eigenvalue weighted by atomic mass is 16.2. The number of hydrogen-bond acceptors (Lipinski definition) is 4. The van der Waals surface area contributed by atoms with Gasteiger partial charge in [-0.15, -0.1) is 0 Å². The Bertz CT molecular complexity index is 1030. The Morgan fingerprint density at radius 1 is 1.21 bits per heavy atom. The fraction of sp³-hybridized carbons (Fsp3) is 0.630. The predicted octanol–water partition coefficient (Wildman–Crippen LogP) is 4.54. The second kappa shape index (κ2) is 7.97. The van der Waals surface area contributed by atoms with Gasteiger partial charge in [-0.25, -0.2) is 4.98 Å². The Hall–Kier alpha value is -2.68. The fourth-order valence-corrected chi connectivity index (χ4v) is 8.15. The summed E-state index contributed by atoms with van der Waals surface area (Å²) in [4.78, 5) is 31.2. The van der Waals surface area contributed by atoms with Gasteiger partial charge in [-0.3, -0.25) is 9.59 Å². The summed E-state index contributed by atoms with van der Waals surface area (Å²) < 4.78 is 0. The molecule has 7 atom stereocenters. The predicted molar refractivity (Wildman–Crippen MR) is 126 cm³/mol. The number of nitrogens with one attached hydrogen (secondary N) is 1. The number of amides is 2. The van der Waals surface area contributed by atoms with Crippen LogP contribution in [0.5, 0.6) is 0 Å². The molecule has 6 nitrogen and oxygen atoms in total. The lowest BCUT2D eigenvalue weighted by Gasteiger charge is -2.60. The van der Waals surface area contributed by atoms with Gasteiger partial charge < -0.3 is 10.2 Å². The summed E-state index contributed by atoms with van der Waals surface area (Å²) in [6.45, 7) is 4.81. The van der Waals surface area contributed by atoms with Crippen molar-refractivity contribution in [2.24, 2.45) is 34.5 Å². The molecule has 1 aromatic heterocycles. The number of likely N-dealkylation sites (N-methyl/N-ethyl adjacent to an activating group) is 1. The van der Waals surface area contributed by atoms with Gasteiger partial charge in [0.05, 0.1) is 11.9 Å².